The average molecular weight is 487 g/mol. The van der Waals surface area contributed by atoms with Gasteiger partial charge in [-0.05, 0) is 35.7 Å². The average Bonchev–Trinajstić information content (AvgIpc) is 3.26. The summed E-state index contributed by atoms with van der Waals surface area (Å²) in [5, 5.41) is 3.05. The maximum Gasteiger partial charge on any atom is 0.246 e. The van der Waals surface area contributed by atoms with Crippen LogP contribution in [0.2, 0.25) is 0 Å². The smallest absolute Gasteiger partial charge is 0.246 e. The molecule has 1 amide bonds. The number of morpholine rings is 1. The number of aromatic amines is 1. The number of methoxy groups -OCH3 is 1. The zero-order valence-corrected chi connectivity index (χ0v) is 20.4. The zero-order valence-electron chi connectivity index (χ0n) is 19.6. The van der Waals surface area contributed by atoms with Gasteiger partial charge in [-0.3, -0.25) is 4.79 Å². The zero-order chi connectivity index (χ0) is 24.3. The van der Waals surface area contributed by atoms with Crippen LogP contribution in [0.5, 0.6) is 5.75 Å². The molecule has 2 aromatic carbocycles. The van der Waals surface area contributed by atoms with Crippen LogP contribution in [0, 0.1) is 5.92 Å². The first kappa shape index (κ1) is 24.2. The fourth-order valence-electron chi connectivity index (χ4n) is 4.04. The van der Waals surface area contributed by atoms with E-state index in [2.05, 4.69) is 15.3 Å². The number of rotatable bonds is 8. The second-order valence-electron chi connectivity index (χ2n) is 8.61. The molecule has 1 aliphatic heterocycles. The summed E-state index contributed by atoms with van der Waals surface area (Å²) in [6.45, 7) is 5.29. The van der Waals surface area contributed by atoms with Gasteiger partial charge >= 0.3 is 0 Å². The van der Waals surface area contributed by atoms with Crippen LogP contribution in [-0.4, -0.2) is 62.0 Å². The van der Waals surface area contributed by atoms with E-state index in [4.69, 9.17) is 9.47 Å². The van der Waals surface area contributed by atoms with E-state index in [0.717, 1.165) is 11.0 Å². The molecule has 0 bridgehead atoms. The maximum absolute atomic E-state index is 13.2. The Hall–Kier alpha value is -2.95. The molecule has 182 valence electrons. The van der Waals surface area contributed by atoms with Crippen molar-refractivity contribution in [3.8, 4) is 5.75 Å². The molecule has 3 aromatic rings. The van der Waals surface area contributed by atoms with Crippen LogP contribution in [-0.2, 0) is 26.0 Å². The topological polar surface area (TPSA) is 114 Å². The van der Waals surface area contributed by atoms with Crippen molar-refractivity contribution in [1.82, 2.24) is 19.6 Å². The van der Waals surface area contributed by atoms with Gasteiger partial charge in [0.2, 0.25) is 15.9 Å². The third-order valence-electron chi connectivity index (χ3n) is 5.87. The Kier molecular flexibility index (Phi) is 7.20. The third kappa shape index (κ3) is 5.08. The lowest BCUT2D eigenvalue weighted by Crippen LogP contribution is -2.40. The standard InChI is InChI=1S/C24H30N4O5S/c1-16(2)23(24-25-18-6-4-5-7-19(18)26-24)27-22(29)15-17-8-9-20(32-3)21(14-17)34(30,31)28-10-12-33-13-11-28/h4-9,14,16,23H,10-13,15H2,1-3H3,(H,25,26)(H,27,29)/t23-/m0/s1. The van der Waals surface area contributed by atoms with E-state index in [-0.39, 0.29) is 48.0 Å². The molecule has 1 atom stereocenters. The number of hydrogen-bond acceptors (Lipinski definition) is 6. The quantitative estimate of drug-likeness (QED) is 0.506. The van der Waals surface area contributed by atoms with Gasteiger partial charge in [-0.1, -0.05) is 32.0 Å². The van der Waals surface area contributed by atoms with Crippen molar-refractivity contribution in [3.63, 3.8) is 0 Å². The molecular formula is C24H30N4O5S. The van der Waals surface area contributed by atoms with Gasteiger partial charge in [0.25, 0.3) is 0 Å². The van der Waals surface area contributed by atoms with E-state index in [9.17, 15) is 13.2 Å². The normalized spacial score (nSPS) is 16.0. The highest BCUT2D eigenvalue weighted by Gasteiger charge is 2.30. The van der Waals surface area contributed by atoms with E-state index in [1.54, 1.807) is 12.1 Å². The molecular weight excluding hydrogens is 456 g/mol. The van der Waals surface area contributed by atoms with Crippen LogP contribution in [0.4, 0.5) is 0 Å². The summed E-state index contributed by atoms with van der Waals surface area (Å²) in [6.07, 6.45) is 0.0269. The molecule has 0 saturated carbocycles. The predicted octanol–water partition coefficient (Wildman–Crippen LogP) is 2.65. The molecule has 10 heteroatoms. The van der Waals surface area contributed by atoms with Crippen LogP contribution < -0.4 is 10.1 Å². The number of ether oxygens (including phenoxy) is 2. The minimum absolute atomic E-state index is 0.0269. The van der Waals surface area contributed by atoms with E-state index in [1.807, 2.05) is 38.1 Å². The molecule has 34 heavy (non-hydrogen) atoms. The number of sulfonamides is 1. The lowest BCUT2D eigenvalue weighted by Gasteiger charge is -2.27. The van der Waals surface area contributed by atoms with Crippen molar-refractivity contribution in [3.05, 3.63) is 53.9 Å². The molecule has 0 spiro atoms. The van der Waals surface area contributed by atoms with Crippen LogP contribution in [0.3, 0.4) is 0 Å². The number of para-hydroxylation sites is 2. The number of hydrogen-bond donors (Lipinski definition) is 2. The van der Waals surface area contributed by atoms with E-state index in [0.29, 0.717) is 24.6 Å². The first-order valence-electron chi connectivity index (χ1n) is 11.3. The summed E-state index contributed by atoms with van der Waals surface area (Å²) in [5.41, 5.74) is 2.33. The molecule has 9 nitrogen and oxygen atoms in total. The second-order valence-corrected chi connectivity index (χ2v) is 10.5. The molecule has 1 aromatic heterocycles. The summed E-state index contributed by atoms with van der Waals surface area (Å²) in [5.74, 6) is 0.810. The number of carbonyl (C=O) groups excluding carboxylic acids is 1. The van der Waals surface area contributed by atoms with Gasteiger partial charge in [0.15, 0.2) is 0 Å². The van der Waals surface area contributed by atoms with Crippen molar-refractivity contribution < 1.29 is 22.7 Å². The summed E-state index contributed by atoms with van der Waals surface area (Å²) < 4.78 is 38.4. The largest absolute Gasteiger partial charge is 0.495 e. The number of amides is 1. The van der Waals surface area contributed by atoms with Gasteiger partial charge in [-0.15, -0.1) is 0 Å². The van der Waals surface area contributed by atoms with Gasteiger partial charge in [-0.25, -0.2) is 13.4 Å². The third-order valence-corrected chi connectivity index (χ3v) is 7.79. The first-order chi connectivity index (χ1) is 16.3. The van der Waals surface area contributed by atoms with Crippen molar-refractivity contribution in [2.24, 2.45) is 5.92 Å². The first-order valence-corrected chi connectivity index (χ1v) is 12.7. The Morgan fingerprint density at radius 3 is 2.62 bits per heavy atom. The lowest BCUT2D eigenvalue weighted by atomic mass is 10.0. The number of benzene rings is 2. The molecule has 0 aliphatic carbocycles. The lowest BCUT2D eigenvalue weighted by molar-refractivity contribution is -0.121. The molecule has 0 unspecified atom stereocenters. The van der Waals surface area contributed by atoms with Gasteiger partial charge in [0, 0.05) is 13.1 Å². The summed E-state index contributed by atoms with van der Waals surface area (Å²) in [7, 11) is -2.34. The highest BCUT2D eigenvalue weighted by atomic mass is 32.2. The molecule has 2 N–H and O–H groups in total. The van der Waals surface area contributed by atoms with E-state index < -0.39 is 10.0 Å². The Morgan fingerprint density at radius 2 is 1.94 bits per heavy atom. The molecule has 1 saturated heterocycles. The number of nitrogens with one attached hydrogen (secondary N) is 2. The predicted molar refractivity (Wildman–Crippen MR) is 128 cm³/mol. The minimum atomic E-state index is -3.78. The van der Waals surface area contributed by atoms with Gasteiger partial charge in [-0.2, -0.15) is 4.31 Å². The van der Waals surface area contributed by atoms with Crippen LogP contribution in [0.1, 0.15) is 31.3 Å². The Morgan fingerprint density at radius 1 is 1.21 bits per heavy atom. The second kappa shape index (κ2) is 10.1. The molecule has 1 aliphatic rings. The summed E-state index contributed by atoms with van der Waals surface area (Å²) in [6, 6.07) is 12.2. The molecule has 1 fully saturated rings. The van der Waals surface area contributed by atoms with Gasteiger partial charge in [0.1, 0.15) is 16.5 Å². The molecule has 2 heterocycles. The number of fused-ring (bicyclic) bond motifs is 1. The molecule has 0 radical (unpaired) electrons. The molecule has 4 rings (SSSR count). The number of nitrogens with zero attached hydrogens (tertiary/aromatic N) is 2. The van der Waals surface area contributed by atoms with Crippen LogP contribution in [0.15, 0.2) is 47.4 Å². The summed E-state index contributed by atoms with van der Waals surface area (Å²) in [4.78, 5) is 21.0. The number of imidazole rings is 1. The van der Waals surface area contributed by atoms with Crippen molar-refractivity contribution in [2.75, 3.05) is 33.4 Å². The van der Waals surface area contributed by atoms with Gasteiger partial charge in [0.05, 0.1) is 43.8 Å². The van der Waals surface area contributed by atoms with Crippen molar-refractivity contribution in [2.45, 2.75) is 31.2 Å². The number of H-pyrrole nitrogens is 1. The van der Waals surface area contributed by atoms with Crippen molar-refractivity contribution in [1.29, 1.82) is 0 Å². The van der Waals surface area contributed by atoms with E-state index >= 15 is 0 Å². The Balaban J connectivity index is 1.54. The fraction of sp³-hybridized carbons (Fsp3) is 0.417. The Labute approximate surface area is 199 Å². The Bertz CT molecular complexity index is 1230. The SMILES string of the molecule is COc1ccc(CC(=O)N[C@H](c2nc3ccccc3[nH]2)C(C)C)cc1S(=O)(=O)N1CCOCC1. The highest BCUT2D eigenvalue weighted by molar-refractivity contribution is 7.89. The van der Waals surface area contributed by atoms with E-state index in [1.165, 1.54) is 17.5 Å². The summed E-state index contributed by atoms with van der Waals surface area (Å²) >= 11 is 0. The highest BCUT2D eigenvalue weighted by Crippen LogP contribution is 2.29. The number of aromatic nitrogens is 2. The fourth-order valence-corrected chi connectivity index (χ4v) is 5.65. The minimum Gasteiger partial charge on any atom is -0.495 e. The maximum atomic E-state index is 13.2. The van der Waals surface area contributed by atoms with Crippen LogP contribution >= 0.6 is 0 Å². The van der Waals surface area contributed by atoms with Crippen molar-refractivity contribution >= 4 is 27.0 Å². The monoisotopic (exact) mass is 486 g/mol. The van der Waals surface area contributed by atoms with Gasteiger partial charge < -0.3 is 19.8 Å². The van der Waals surface area contributed by atoms with Crippen LogP contribution in [0.25, 0.3) is 11.0 Å². The number of carbonyl (C=O) groups is 1.